The van der Waals surface area contributed by atoms with Crippen LogP contribution in [0.3, 0.4) is 0 Å². The summed E-state index contributed by atoms with van der Waals surface area (Å²) in [5.74, 6) is 0.926. The van der Waals surface area contributed by atoms with Crippen LogP contribution in [0, 0.1) is 0 Å². The molecule has 0 saturated carbocycles. The Kier molecular flexibility index (Phi) is 3.45. The van der Waals surface area contributed by atoms with Gasteiger partial charge in [-0.2, -0.15) is 0 Å². The summed E-state index contributed by atoms with van der Waals surface area (Å²) in [6.07, 6.45) is 2.67. The van der Waals surface area contributed by atoms with Crippen molar-refractivity contribution in [3.63, 3.8) is 0 Å². The molecule has 82 valence electrons. The first-order valence-corrected chi connectivity index (χ1v) is 5.60. The maximum absolute atomic E-state index is 5.29. The maximum atomic E-state index is 5.29. The molecule has 0 unspecified atom stereocenters. The lowest BCUT2D eigenvalue weighted by atomic mass is 10.2. The van der Waals surface area contributed by atoms with Gasteiger partial charge >= 0.3 is 0 Å². The molecule has 0 spiro atoms. The van der Waals surface area contributed by atoms with Gasteiger partial charge in [0.05, 0.1) is 25.9 Å². The number of para-hydroxylation sites is 2. The van der Waals surface area contributed by atoms with Crippen molar-refractivity contribution in [3.05, 3.63) is 24.3 Å². The van der Waals surface area contributed by atoms with Crippen LogP contribution in [0.5, 0.6) is 5.75 Å². The monoisotopic (exact) mass is 207 g/mol. The van der Waals surface area contributed by atoms with Crippen LogP contribution >= 0.6 is 0 Å². The molecule has 1 atom stereocenters. The van der Waals surface area contributed by atoms with Gasteiger partial charge in [-0.05, 0) is 12.1 Å². The minimum Gasteiger partial charge on any atom is -0.495 e. The Morgan fingerprint density at radius 3 is 3.07 bits per heavy atom. The van der Waals surface area contributed by atoms with Crippen molar-refractivity contribution >= 4 is 5.69 Å². The van der Waals surface area contributed by atoms with Crippen LogP contribution in [-0.2, 0) is 0 Å². The fourth-order valence-electron chi connectivity index (χ4n) is 2.07. The second kappa shape index (κ2) is 5.03. The molecule has 3 heteroatoms. The van der Waals surface area contributed by atoms with Gasteiger partial charge in [-0.15, -0.1) is 0 Å². The Morgan fingerprint density at radius 2 is 2.33 bits per heavy atom. The molecule has 2 rings (SSSR count). The minimum atomic E-state index is 0.731. The molecule has 1 heterocycles. The van der Waals surface area contributed by atoms with Gasteiger partial charge in [0.1, 0.15) is 11.8 Å². The summed E-state index contributed by atoms with van der Waals surface area (Å²) in [7, 11) is 1.71. The van der Waals surface area contributed by atoms with Crippen LogP contribution < -0.4 is 15.4 Å². The number of nitrogens with one attached hydrogen (secondary N) is 1. The third-order valence-electron chi connectivity index (χ3n) is 2.94. The van der Waals surface area contributed by atoms with Crippen molar-refractivity contribution < 1.29 is 10.1 Å². The zero-order valence-corrected chi connectivity index (χ0v) is 9.20. The lowest BCUT2D eigenvalue weighted by Crippen LogP contribution is -2.87. The third kappa shape index (κ3) is 2.63. The van der Waals surface area contributed by atoms with Gasteiger partial charge in [-0.25, -0.2) is 0 Å². The standard InChI is InChI=1S/C12H18N2O/c1-15-12-7-3-2-6-11(12)14-9-10-5-4-8-13-10/h2-3,6-7,10,13-14H,4-5,8-9H2,1H3/p+1/t10-/m0/s1. The van der Waals surface area contributed by atoms with Crippen LogP contribution in [-0.4, -0.2) is 26.2 Å². The van der Waals surface area contributed by atoms with Crippen molar-refractivity contribution in [1.29, 1.82) is 0 Å². The largest absolute Gasteiger partial charge is 0.495 e. The normalized spacial score (nSPS) is 20.2. The Hall–Kier alpha value is -1.22. The first-order chi connectivity index (χ1) is 7.40. The Morgan fingerprint density at radius 1 is 1.47 bits per heavy atom. The molecule has 1 aromatic rings. The third-order valence-corrected chi connectivity index (χ3v) is 2.94. The van der Waals surface area contributed by atoms with E-state index in [1.807, 2.05) is 18.2 Å². The summed E-state index contributed by atoms with van der Waals surface area (Å²) in [5, 5.41) is 5.87. The van der Waals surface area contributed by atoms with E-state index in [9.17, 15) is 0 Å². The minimum absolute atomic E-state index is 0.731. The molecular formula is C12H19N2O+. The predicted octanol–water partition coefficient (Wildman–Crippen LogP) is 0.833. The predicted molar refractivity (Wildman–Crippen MR) is 61.3 cm³/mol. The topological polar surface area (TPSA) is 37.9 Å². The van der Waals surface area contributed by atoms with Gasteiger partial charge in [0, 0.05) is 12.8 Å². The zero-order chi connectivity index (χ0) is 10.5. The number of nitrogens with two attached hydrogens (primary N) is 1. The van der Waals surface area contributed by atoms with E-state index in [-0.39, 0.29) is 0 Å². The van der Waals surface area contributed by atoms with Gasteiger partial charge in [0.25, 0.3) is 0 Å². The molecule has 0 bridgehead atoms. The van der Waals surface area contributed by atoms with Gasteiger partial charge in [-0.3, -0.25) is 0 Å². The van der Waals surface area contributed by atoms with Gasteiger partial charge in [0.15, 0.2) is 0 Å². The Labute approximate surface area is 90.8 Å². The zero-order valence-electron chi connectivity index (χ0n) is 9.20. The highest BCUT2D eigenvalue weighted by Gasteiger charge is 2.17. The van der Waals surface area contributed by atoms with Crippen molar-refractivity contribution in [2.24, 2.45) is 0 Å². The molecule has 3 nitrogen and oxygen atoms in total. The highest BCUT2D eigenvalue weighted by molar-refractivity contribution is 5.56. The van der Waals surface area contributed by atoms with E-state index >= 15 is 0 Å². The summed E-state index contributed by atoms with van der Waals surface area (Å²) >= 11 is 0. The summed E-state index contributed by atoms with van der Waals surface area (Å²) in [5.41, 5.74) is 1.10. The molecular weight excluding hydrogens is 188 g/mol. The lowest BCUT2D eigenvalue weighted by molar-refractivity contribution is -0.666. The smallest absolute Gasteiger partial charge is 0.141 e. The molecule has 1 aromatic carbocycles. The van der Waals surface area contributed by atoms with Crippen LogP contribution in [0.2, 0.25) is 0 Å². The number of ether oxygens (including phenoxy) is 1. The highest BCUT2D eigenvalue weighted by Crippen LogP contribution is 2.22. The van der Waals surface area contributed by atoms with Crippen molar-refractivity contribution in [2.45, 2.75) is 18.9 Å². The molecule has 0 aliphatic carbocycles. The molecule has 1 fully saturated rings. The van der Waals surface area contributed by atoms with Crippen molar-refractivity contribution in [2.75, 3.05) is 25.5 Å². The van der Waals surface area contributed by atoms with E-state index in [1.165, 1.54) is 19.4 Å². The lowest BCUT2D eigenvalue weighted by Gasteiger charge is -2.12. The molecule has 1 saturated heterocycles. The molecule has 0 radical (unpaired) electrons. The molecule has 3 N–H and O–H groups in total. The molecule has 1 aliphatic heterocycles. The number of anilines is 1. The summed E-state index contributed by atoms with van der Waals surface area (Å²) in [6.45, 7) is 2.30. The number of methoxy groups -OCH3 is 1. The fourth-order valence-corrected chi connectivity index (χ4v) is 2.07. The molecule has 0 amide bonds. The SMILES string of the molecule is COc1ccccc1NC[C@@H]1CCC[NH2+]1. The summed E-state index contributed by atoms with van der Waals surface area (Å²) in [6, 6.07) is 8.80. The molecule has 0 aromatic heterocycles. The summed E-state index contributed by atoms with van der Waals surface area (Å²) in [4.78, 5) is 0. The van der Waals surface area contributed by atoms with E-state index in [4.69, 9.17) is 4.74 Å². The van der Waals surface area contributed by atoms with E-state index in [2.05, 4.69) is 16.7 Å². The quantitative estimate of drug-likeness (QED) is 0.767. The maximum Gasteiger partial charge on any atom is 0.141 e. The Balaban J connectivity index is 1.91. The van der Waals surface area contributed by atoms with Gasteiger partial charge in [0.2, 0.25) is 0 Å². The molecule has 1 aliphatic rings. The number of hydrogen-bond acceptors (Lipinski definition) is 2. The first-order valence-electron chi connectivity index (χ1n) is 5.60. The van der Waals surface area contributed by atoms with Crippen molar-refractivity contribution in [1.82, 2.24) is 0 Å². The highest BCUT2D eigenvalue weighted by atomic mass is 16.5. The van der Waals surface area contributed by atoms with E-state index in [0.29, 0.717) is 0 Å². The average Bonchev–Trinajstić information content (AvgIpc) is 2.79. The van der Waals surface area contributed by atoms with E-state index in [0.717, 1.165) is 24.0 Å². The van der Waals surface area contributed by atoms with Gasteiger partial charge < -0.3 is 15.4 Å². The summed E-state index contributed by atoms with van der Waals surface area (Å²) < 4.78 is 5.29. The van der Waals surface area contributed by atoms with E-state index < -0.39 is 0 Å². The number of benzene rings is 1. The second-order valence-corrected chi connectivity index (χ2v) is 4.01. The number of quaternary nitrogens is 1. The van der Waals surface area contributed by atoms with Crippen LogP contribution in [0.25, 0.3) is 0 Å². The first kappa shape index (κ1) is 10.3. The molecule has 15 heavy (non-hydrogen) atoms. The van der Waals surface area contributed by atoms with Crippen LogP contribution in [0.4, 0.5) is 5.69 Å². The van der Waals surface area contributed by atoms with Crippen LogP contribution in [0.15, 0.2) is 24.3 Å². The number of rotatable bonds is 4. The van der Waals surface area contributed by atoms with E-state index in [1.54, 1.807) is 7.11 Å². The Bertz CT molecular complexity index is 308. The second-order valence-electron chi connectivity index (χ2n) is 4.01. The van der Waals surface area contributed by atoms with Crippen molar-refractivity contribution in [3.8, 4) is 5.75 Å². The fraction of sp³-hybridized carbons (Fsp3) is 0.500. The number of hydrogen-bond donors (Lipinski definition) is 2. The average molecular weight is 207 g/mol. The van der Waals surface area contributed by atoms with Gasteiger partial charge in [-0.1, -0.05) is 12.1 Å². The van der Waals surface area contributed by atoms with Crippen LogP contribution in [0.1, 0.15) is 12.8 Å².